The van der Waals surface area contributed by atoms with E-state index in [-0.39, 0.29) is 0 Å². The first-order valence-corrected chi connectivity index (χ1v) is 5.35. The first kappa shape index (κ1) is 11.8. The van der Waals surface area contributed by atoms with Gasteiger partial charge in [-0.2, -0.15) is 0 Å². The quantitative estimate of drug-likeness (QED) is 0.746. The number of likely N-dealkylation sites (N-methyl/N-ethyl adjacent to an activating group) is 1. The summed E-state index contributed by atoms with van der Waals surface area (Å²) in [6.45, 7) is 10.6. The molecule has 0 bridgehead atoms. The Morgan fingerprint density at radius 3 is 2.40 bits per heavy atom. The van der Waals surface area contributed by atoms with E-state index in [1.807, 2.05) is 0 Å². The minimum Gasteiger partial charge on any atom is -0.368 e. The van der Waals surface area contributed by atoms with Gasteiger partial charge in [0.25, 0.3) is 0 Å². The number of anilines is 1. The molecule has 0 atom stereocenters. The Morgan fingerprint density at radius 1 is 1.33 bits per heavy atom. The fourth-order valence-electron chi connectivity index (χ4n) is 1.48. The second-order valence-electron chi connectivity index (χ2n) is 3.80. The van der Waals surface area contributed by atoms with Crippen molar-refractivity contribution in [1.82, 2.24) is 0 Å². The molecule has 1 rings (SSSR count). The van der Waals surface area contributed by atoms with Crippen LogP contribution >= 0.6 is 0 Å². The molecule has 0 spiro atoms. The van der Waals surface area contributed by atoms with Gasteiger partial charge in [0.05, 0.1) is 0 Å². The Morgan fingerprint density at radius 2 is 1.93 bits per heavy atom. The van der Waals surface area contributed by atoms with E-state index >= 15 is 0 Å². The number of nitrogens with two attached hydrogens (primary N) is 1. The van der Waals surface area contributed by atoms with E-state index < -0.39 is 0 Å². The maximum atomic E-state index is 5.55. The Balaban J connectivity index is 2.74. The molecule has 0 aliphatic rings. The Hall–Kier alpha value is -1.28. The predicted octanol–water partition coefficient (Wildman–Crippen LogP) is 2.34. The van der Waals surface area contributed by atoms with Gasteiger partial charge < -0.3 is 10.6 Å². The highest BCUT2D eigenvalue weighted by Gasteiger charge is 2.04. The van der Waals surface area contributed by atoms with Gasteiger partial charge in [-0.15, -0.1) is 0 Å². The van der Waals surface area contributed by atoms with E-state index in [1.54, 1.807) is 0 Å². The third kappa shape index (κ3) is 3.40. The predicted molar refractivity (Wildman–Crippen MR) is 67.3 cm³/mol. The monoisotopic (exact) mass is 204 g/mol. The molecule has 2 N–H and O–H groups in total. The number of hydrogen-bond donors (Lipinski definition) is 1. The smallest absolute Gasteiger partial charge is 0.0398 e. The molecule has 82 valence electrons. The first-order valence-electron chi connectivity index (χ1n) is 5.35. The number of aryl methyl sites for hydroxylation is 1. The Kier molecular flexibility index (Phi) is 4.37. The summed E-state index contributed by atoms with van der Waals surface area (Å²) in [5.74, 6) is 0. The van der Waals surface area contributed by atoms with Crippen LogP contribution in [-0.4, -0.2) is 19.6 Å². The van der Waals surface area contributed by atoms with Crippen LogP contribution in [0.1, 0.15) is 12.5 Å². The highest BCUT2D eigenvalue weighted by molar-refractivity contribution is 5.48. The SMILES string of the molecule is C=C(CN)CN(CC)c1ccc(C)cc1. The zero-order valence-corrected chi connectivity index (χ0v) is 9.66. The van der Waals surface area contributed by atoms with Crippen molar-refractivity contribution in [3.8, 4) is 0 Å². The summed E-state index contributed by atoms with van der Waals surface area (Å²) < 4.78 is 0. The van der Waals surface area contributed by atoms with Crippen molar-refractivity contribution < 1.29 is 0 Å². The number of nitrogens with zero attached hydrogens (tertiary/aromatic N) is 1. The van der Waals surface area contributed by atoms with Gasteiger partial charge in [0.1, 0.15) is 0 Å². The Bertz CT molecular complexity index is 314. The summed E-state index contributed by atoms with van der Waals surface area (Å²) in [4.78, 5) is 2.27. The van der Waals surface area contributed by atoms with E-state index in [9.17, 15) is 0 Å². The van der Waals surface area contributed by atoms with Crippen molar-refractivity contribution >= 4 is 5.69 Å². The van der Waals surface area contributed by atoms with Crippen molar-refractivity contribution in [2.24, 2.45) is 5.73 Å². The van der Waals surface area contributed by atoms with Gasteiger partial charge in [-0.1, -0.05) is 24.3 Å². The molecule has 0 unspecified atom stereocenters. The van der Waals surface area contributed by atoms with E-state index in [4.69, 9.17) is 5.73 Å². The average molecular weight is 204 g/mol. The van der Waals surface area contributed by atoms with Crippen molar-refractivity contribution in [2.75, 3.05) is 24.5 Å². The maximum Gasteiger partial charge on any atom is 0.0398 e. The highest BCUT2D eigenvalue weighted by atomic mass is 15.1. The first-order chi connectivity index (χ1) is 7.17. The van der Waals surface area contributed by atoms with Crippen molar-refractivity contribution in [3.63, 3.8) is 0 Å². The molecular weight excluding hydrogens is 184 g/mol. The van der Waals surface area contributed by atoms with E-state index in [0.717, 1.165) is 18.7 Å². The van der Waals surface area contributed by atoms with Crippen LogP contribution in [0.3, 0.4) is 0 Å². The van der Waals surface area contributed by atoms with Crippen LogP contribution in [0.2, 0.25) is 0 Å². The van der Waals surface area contributed by atoms with Gasteiger partial charge in [0.2, 0.25) is 0 Å². The molecule has 0 fully saturated rings. The topological polar surface area (TPSA) is 29.3 Å². The van der Waals surface area contributed by atoms with E-state index in [2.05, 4.69) is 49.6 Å². The van der Waals surface area contributed by atoms with Crippen LogP contribution in [0.15, 0.2) is 36.4 Å². The largest absolute Gasteiger partial charge is 0.368 e. The van der Waals surface area contributed by atoms with Crippen LogP contribution < -0.4 is 10.6 Å². The van der Waals surface area contributed by atoms with Gasteiger partial charge >= 0.3 is 0 Å². The van der Waals surface area contributed by atoms with Gasteiger partial charge in [-0.3, -0.25) is 0 Å². The number of benzene rings is 1. The van der Waals surface area contributed by atoms with Crippen molar-refractivity contribution in [3.05, 3.63) is 42.0 Å². The molecule has 0 aromatic heterocycles. The van der Waals surface area contributed by atoms with E-state index in [0.29, 0.717) is 6.54 Å². The standard InChI is InChI=1S/C13H20N2/c1-4-15(10-12(3)9-14)13-7-5-11(2)6-8-13/h5-8H,3-4,9-10,14H2,1-2H3. The molecular formula is C13H20N2. The molecule has 0 aliphatic carbocycles. The second kappa shape index (κ2) is 5.56. The molecule has 0 radical (unpaired) electrons. The maximum absolute atomic E-state index is 5.55. The summed E-state index contributed by atoms with van der Waals surface area (Å²) in [6, 6.07) is 8.54. The lowest BCUT2D eigenvalue weighted by atomic mass is 10.2. The lowest BCUT2D eigenvalue weighted by Gasteiger charge is -2.24. The lowest BCUT2D eigenvalue weighted by Crippen LogP contribution is -2.27. The molecule has 0 amide bonds. The minimum atomic E-state index is 0.558. The molecule has 15 heavy (non-hydrogen) atoms. The molecule has 1 aromatic carbocycles. The highest BCUT2D eigenvalue weighted by Crippen LogP contribution is 2.15. The summed E-state index contributed by atoms with van der Waals surface area (Å²) in [6.07, 6.45) is 0. The fourth-order valence-corrected chi connectivity index (χ4v) is 1.48. The van der Waals surface area contributed by atoms with Crippen LogP contribution in [-0.2, 0) is 0 Å². The van der Waals surface area contributed by atoms with Gasteiger partial charge in [-0.25, -0.2) is 0 Å². The van der Waals surface area contributed by atoms with Gasteiger partial charge in [0, 0.05) is 25.3 Å². The van der Waals surface area contributed by atoms with Crippen molar-refractivity contribution in [1.29, 1.82) is 0 Å². The molecule has 0 saturated heterocycles. The summed E-state index contributed by atoms with van der Waals surface area (Å²) in [7, 11) is 0. The van der Waals surface area contributed by atoms with Gasteiger partial charge in [0.15, 0.2) is 0 Å². The fraction of sp³-hybridized carbons (Fsp3) is 0.385. The summed E-state index contributed by atoms with van der Waals surface area (Å²) in [5.41, 5.74) is 9.14. The van der Waals surface area contributed by atoms with Crippen molar-refractivity contribution in [2.45, 2.75) is 13.8 Å². The Labute approximate surface area is 92.4 Å². The molecule has 2 nitrogen and oxygen atoms in total. The normalized spacial score (nSPS) is 10.1. The second-order valence-corrected chi connectivity index (χ2v) is 3.80. The third-order valence-electron chi connectivity index (χ3n) is 2.48. The number of rotatable bonds is 5. The molecule has 2 heteroatoms. The minimum absolute atomic E-state index is 0.558. The zero-order valence-electron chi connectivity index (χ0n) is 9.66. The summed E-state index contributed by atoms with van der Waals surface area (Å²) in [5, 5.41) is 0. The lowest BCUT2D eigenvalue weighted by molar-refractivity contribution is 0.864. The molecule has 0 saturated carbocycles. The van der Waals surface area contributed by atoms with Gasteiger partial charge in [-0.05, 0) is 31.6 Å². The van der Waals surface area contributed by atoms with Crippen LogP contribution in [0.25, 0.3) is 0 Å². The zero-order chi connectivity index (χ0) is 11.3. The summed E-state index contributed by atoms with van der Waals surface area (Å²) >= 11 is 0. The van der Waals surface area contributed by atoms with E-state index in [1.165, 1.54) is 11.3 Å². The van der Waals surface area contributed by atoms with Crippen LogP contribution in [0.4, 0.5) is 5.69 Å². The number of hydrogen-bond acceptors (Lipinski definition) is 2. The molecule has 1 aromatic rings. The average Bonchev–Trinajstić information content (AvgIpc) is 2.27. The third-order valence-corrected chi connectivity index (χ3v) is 2.48. The molecule has 0 aliphatic heterocycles. The van der Waals surface area contributed by atoms with Crippen LogP contribution in [0.5, 0.6) is 0 Å². The van der Waals surface area contributed by atoms with Crippen LogP contribution in [0, 0.1) is 6.92 Å². The molecule has 0 heterocycles.